The largest absolute Gasteiger partial charge is 0.493 e. The molecule has 2 aromatic rings. The lowest BCUT2D eigenvalue weighted by molar-refractivity contribution is -0.900. The number of anilines is 1. The van der Waals surface area contributed by atoms with E-state index in [1.54, 1.807) is 26.2 Å². The molecule has 7 heteroatoms. The normalized spacial score (nSPS) is 14.8. The fraction of sp³-hybridized carbons (Fsp3) is 0.429. The van der Waals surface area contributed by atoms with Crippen LogP contribution < -0.4 is 24.0 Å². The number of methoxy groups -OCH3 is 3. The van der Waals surface area contributed by atoms with Crippen LogP contribution >= 0.6 is 23.2 Å². The van der Waals surface area contributed by atoms with Crippen molar-refractivity contribution in [2.24, 2.45) is 0 Å². The average Bonchev–Trinajstić information content (AvgIpc) is 2.72. The number of hydrogen-bond acceptors (Lipinski definition) is 4. The molecule has 0 unspecified atom stereocenters. The maximum Gasteiger partial charge on any atom is 0.203 e. The molecule has 28 heavy (non-hydrogen) atoms. The molecule has 0 amide bonds. The Morgan fingerprint density at radius 1 is 0.929 bits per heavy atom. The first-order valence-electron chi connectivity index (χ1n) is 9.38. The van der Waals surface area contributed by atoms with E-state index in [0.717, 1.165) is 44.8 Å². The first-order chi connectivity index (χ1) is 13.6. The molecule has 0 aromatic heterocycles. The summed E-state index contributed by atoms with van der Waals surface area (Å²) >= 11 is 12.7. The van der Waals surface area contributed by atoms with Crippen molar-refractivity contribution in [3.8, 4) is 17.2 Å². The summed E-state index contributed by atoms with van der Waals surface area (Å²) in [6.45, 7) is 5.02. The van der Waals surface area contributed by atoms with Gasteiger partial charge in [-0.15, -0.1) is 0 Å². The molecule has 1 fully saturated rings. The third-order valence-electron chi connectivity index (χ3n) is 5.22. The van der Waals surface area contributed by atoms with Crippen LogP contribution in [0.2, 0.25) is 10.0 Å². The first kappa shape index (κ1) is 20.9. The van der Waals surface area contributed by atoms with Crippen LogP contribution in [0.25, 0.3) is 0 Å². The summed E-state index contributed by atoms with van der Waals surface area (Å²) in [4.78, 5) is 3.85. The lowest BCUT2D eigenvalue weighted by Crippen LogP contribution is -3.15. The summed E-state index contributed by atoms with van der Waals surface area (Å²) in [5.41, 5.74) is 2.13. The van der Waals surface area contributed by atoms with Crippen LogP contribution in [-0.2, 0) is 6.42 Å². The summed E-state index contributed by atoms with van der Waals surface area (Å²) in [5, 5.41) is 1.43. The fourth-order valence-electron chi connectivity index (χ4n) is 3.69. The molecule has 5 nitrogen and oxygen atoms in total. The SMILES string of the molecule is COc1cc(CC[NH+]2CCN(c3c(Cl)cccc3Cl)CC2)cc(OC)c1OC. The number of halogens is 2. The Bertz CT molecular complexity index is 763. The van der Waals surface area contributed by atoms with Gasteiger partial charge in [-0.25, -0.2) is 0 Å². The zero-order valence-corrected chi connectivity index (χ0v) is 18.1. The van der Waals surface area contributed by atoms with Gasteiger partial charge >= 0.3 is 0 Å². The Labute approximate surface area is 176 Å². The molecule has 0 radical (unpaired) electrons. The lowest BCUT2D eigenvalue weighted by Gasteiger charge is -2.34. The number of benzene rings is 2. The lowest BCUT2D eigenvalue weighted by atomic mass is 10.1. The van der Waals surface area contributed by atoms with Crippen molar-refractivity contribution in [1.29, 1.82) is 0 Å². The van der Waals surface area contributed by atoms with Crippen molar-refractivity contribution < 1.29 is 19.1 Å². The zero-order valence-electron chi connectivity index (χ0n) is 16.6. The number of quaternary nitrogens is 1. The van der Waals surface area contributed by atoms with E-state index in [-0.39, 0.29) is 0 Å². The highest BCUT2D eigenvalue weighted by Crippen LogP contribution is 2.38. The van der Waals surface area contributed by atoms with Crippen LogP contribution in [0.1, 0.15) is 5.56 Å². The molecule has 1 aliphatic heterocycles. The third kappa shape index (κ3) is 4.59. The molecule has 0 spiro atoms. The summed E-state index contributed by atoms with van der Waals surface area (Å²) in [7, 11) is 4.91. The number of para-hydroxylation sites is 1. The fourth-order valence-corrected chi connectivity index (χ4v) is 4.33. The second-order valence-corrected chi connectivity index (χ2v) is 7.66. The second kappa shape index (κ2) is 9.59. The summed E-state index contributed by atoms with van der Waals surface area (Å²) < 4.78 is 16.3. The number of hydrogen-bond donors (Lipinski definition) is 1. The monoisotopic (exact) mass is 425 g/mol. The van der Waals surface area contributed by atoms with Crippen LogP contribution in [0.4, 0.5) is 5.69 Å². The highest BCUT2D eigenvalue weighted by atomic mass is 35.5. The molecular weight excluding hydrogens is 399 g/mol. The minimum Gasteiger partial charge on any atom is -0.493 e. The Hall–Kier alpha value is -1.82. The van der Waals surface area contributed by atoms with Crippen LogP contribution in [0.15, 0.2) is 30.3 Å². The quantitative estimate of drug-likeness (QED) is 0.739. The van der Waals surface area contributed by atoms with Gasteiger partial charge < -0.3 is 24.0 Å². The van der Waals surface area contributed by atoms with Crippen molar-refractivity contribution in [1.82, 2.24) is 0 Å². The average molecular weight is 426 g/mol. The van der Waals surface area contributed by atoms with Crippen molar-refractivity contribution in [3.63, 3.8) is 0 Å². The smallest absolute Gasteiger partial charge is 0.203 e. The Balaban J connectivity index is 1.60. The van der Waals surface area contributed by atoms with Crippen molar-refractivity contribution in [3.05, 3.63) is 45.9 Å². The van der Waals surface area contributed by atoms with Crippen molar-refractivity contribution in [2.75, 3.05) is 59.0 Å². The Morgan fingerprint density at radius 3 is 2.00 bits per heavy atom. The van der Waals surface area contributed by atoms with E-state index in [4.69, 9.17) is 37.4 Å². The highest BCUT2D eigenvalue weighted by Gasteiger charge is 2.23. The summed E-state index contributed by atoms with van der Waals surface area (Å²) in [6, 6.07) is 9.73. The van der Waals surface area contributed by atoms with E-state index in [1.165, 1.54) is 5.56 Å². The molecule has 1 saturated heterocycles. The van der Waals surface area contributed by atoms with Gasteiger partial charge in [0.25, 0.3) is 0 Å². The van der Waals surface area contributed by atoms with Gasteiger partial charge in [-0.1, -0.05) is 29.3 Å². The van der Waals surface area contributed by atoms with E-state index in [1.807, 2.05) is 30.3 Å². The summed E-state index contributed by atoms with van der Waals surface area (Å²) in [6.07, 6.45) is 0.943. The van der Waals surface area contributed by atoms with Crippen LogP contribution in [-0.4, -0.2) is 54.1 Å². The van der Waals surface area contributed by atoms with Gasteiger partial charge in [0, 0.05) is 6.42 Å². The van der Waals surface area contributed by atoms with Crippen molar-refractivity contribution >= 4 is 28.9 Å². The molecular formula is C21H27Cl2N2O3+. The van der Waals surface area contributed by atoms with E-state index < -0.39 is 0 Å². The molecule has 0 aliphatic carbocycles. The predicted octanol–water partition coefficient (Wildman–Crippen LogP) is 2.97. The maximum atomic E-state index is 6.36. The molecule has 1 heterocycles. The number of nitrogens with one attached hydrogen (secondary N) is 1. The topological polar surface area (TPSA) is 35.4 Å². The van der Waals surface area contributed by atoms with Gasteiger partial charge in [0.05, 0.1) is 69.8 Å². The van der Waals surface area contributed by atoms with E-state index in [9.17, 15) is 0 Å². The minimum atomic E-state index is 0.631. The molecule has 2 aromatic carbocycles. The maximum absolute atomic E-state index is 6.36. The highest BCUT2D eigenvalue weighted by molar-refractivity contribution is 6.39. The van der Waals surface area contributed by atoms with Gasteiger partial charge in [0.15, 0.2) is 11.5 Å². The van der Waals surface area contributed by atoms with Crippen molar-refractivity contribution in [2.45, 2.75) is 6.42 Å². The molecule has 1 N–H and O–H groups in total. The number of ether oxygens (including phenoxy) is 3. The Morgan fingerprint density at radius 2 is 1.50 bits per heavy atom. The van der Waals surface area contributed by atoms with Crippen LogP contribution in [0.3, 0.4) is 0 Å². The number of nitrogens with zero attached hydrogens (tertiary/aromatic N) is 1. The van der Waals surface area contributed by atoms with E-state index in [2.05, 4.69) is 4.90 Å². The minimum absolute atomic E-state index is 0.631. The Kier molecular flexibility index (Phi) is 7.16. The zero-order chi connectivity index (χ0) is 20.1. The van der Waals surface area contributed by atoms with Gasteiger partial charge in [-0.05, 0) is 29.8 Å². The molecule has 152 valence electrons. The third-order valence-corrected chi connectivity index (χ3v) is 5.83. The van der Waals surface area contributed by atoms with Gasteiger partial charge in [0.1, 0.15) is 0 Å². The molecule has 3 rings (SSSR count). The second-order valence-electron chi connectivity index (χ2n) is 6.84. The van der Waals surface area contributed by atoms with E-state index >= 15 is 0 Å². The number of rotatable bonds is 7. The van der Waals surface area contributed by atoms with Crippen LogP contribution in [0.5, 0.6) is 17.2 Å². The predicted molar refractivity (Wildman–Crippen MR) is 114 cm³/mol. The van der Waals surface area contributed by atoms with Crippen LogP contribution in [0, 0.1) is 0 Å². The first-order valence-corrected chi connectivity index (χ1v) is 10.1. The van der Waals surface area contributed by atoms with Gasteiger partial charge in [-0.3, -0.25) is 0 Å². The van der Waals surface area contributed by atoms with Gasteiger partial charge in [0.2, 0.25) is 5.75 Å². The molecule has 0 saturated carbocycles. The number of piperazine rings is 1. The standard InChI is InChI=1S/C21H26Cl2N2O3/c1-26-18-13-15(14-19(27-2)21(18)28-3)7-8-24-9-11-25(12-10-24)20-16(22)5-4-6-17(20)23/h4-6,13-14H,7-12H2,1-3H3/p+1. The summed E-state index contributed by atoms with van der Waals surface area (Å²) in [5.74, 6) is 2.03. The van der Waals surface area contributed by atoms with Gasteiger partial charge in [-0.2, -0.15) is 0 Å². The molecule has 1 aliphatic rings. The molecule has 0 bridgehead atoms. The molecule has 0 atom stereocenters. The van der Waals surface area contributed by atoms with E-state index in [0.29, 0.717) is 27.3 Å².